The number of anilines is 3. The fourth-order valence-corrected chi connectivity index (χ4v) is 9.79. The van der Waals surface area contributed by atoms with E-state index >= 15 is 0 Å². The minimum atomic E-state index is -0.985. The van der Waals surface area contributed by atoms with Crippen LogP contribution < -0.4 is 25.3 Å². The second-order valence-electron chi connectivity index (χ2n) is 16.3. The highest BCUT2D eigenvalue weighted by molar-refractivity contribution is 6.32. The van der Waals surface area contributed by atoms with Crippen molar-refractivity contribution >= 4 is 58.2 Å². The lowest BCUT2D eigenvalue weighted by atomic mass is 9.76. The van der Waals surface area contributed by atoms with E-state index in [1.165, 1.54) is 0 Å². The van der Waals surface area contributed by atoms with Gasteiger partial charge in [0, 0.05) is 93.0 Å². The Morgan fingerprint density at radius 3 is 2.23 bits per heavy atom. The molecule has 1 unspecified atom stereocenters. The fourth-order valence-electron chi connectivity index (χ4n) is 9.57. The summed E-state index contributed by atoms with van der Waals surface area (Å²) >= 11 is 6.36. The van der Waals surface area contributed by atoms with Crippen LogP contribution in [0.15, 0.2) is 60.7 Å². The van der Waals surface area contributed by atoms with Crippen LogP contribution in [0.5, 0.6) is 0 Å². The van der Waals surface area contributed by atoms with E-state index in [0.717, 1.165) is 73.9 Å². The predicted molar refractivity (Wildman–Crippen MR) is 210 cm³/mol. The van der Waals surface area contributed by atoms with Gasteiger partial charge in [0.15, 0.2) is 0 Å². The van der Waals surface area contributed by atoms with Crippen molar-refractivity contribution in [3.8, 4) is 6.07 Å². The molecule has 56 heavy (non-hydrogen) atoms. The summed E-state index contributed by atoms with van der Waals surface area (Å²) in [5, 5.41) is 15.6. The monoisotopic (exact) mass is 774 g/mol. The Labute approximate surface area is 330 Å². The number of imide groups is 2. The Morgan fingerprint density at radius 1 is 0.857 bits per heavy atom. The number of carbonyl (C=O) groups excluding carboxylic acids is 5. The number of hydrogen-bond acceptors (Lipinski definition) is 10. The second-order valence-corrected chi connectivity index (χ2v) is 16.8. The van der Waals surface area contributed by atoms with Crippen molar-refractivity contribution in [2.45, 2.75) is 63.2 Å². The zero-order chi connectivity index (χ0) is 38.9. The molecule has 6 aliphatic rings. The van der Waals surface area contributed by atoms with Crippen LogP contribution in [0, 0.1) is 16.7 Å². The molecule has 5 saturated heterocycles. The van der Waals surface area contributed by atoms with Crippen LogP contribution in [-0.2, 0) is 9.59 Å². The van der Waals surface area contributed by atoms with Gasteiger partial charge >= 0.3 is 0 Å². The second kappa shape index (κ2) is 13.9. The number of halogens is 1. The molecule has 2 atom stereocenters. The number of carbonyl (C=O) groups is 5. The summed E-state index contributed by atoms with van der Waals surface area (Å²) < 4.78 is 0. The SMILES string of the molecule is C[C@H]1CC2(CCN(c3ccc(C(=O)N4CC(NC5CN(c6ccc7c(c6)C(=O)N(C6CCC(=O)NC6=O)C7=O)C5)C4)cc3)CC2)CN1c1ccc(C#N)c(Cl)c1. The molecule has 14 heteroatoms. The molecule has 13 nitrogen and oxygen atoms in total. The molecule has 6 aliphatic heterocycles. The fraction of sp³-hybridized carbons (Fsp3) is 0.429. The van der Waals surface area contributed by atoms with E-state index in [1.807, 2.05) is 41.3 Å². The minimum Gasteiger partial charge on any atom is -0.371 e. The number of rotatable bonds is 7. The van der Waals surface area contributed by atoms with Crippen molar-refractivity contribution in [1.82, 2.24) is 20.4 Å². The molecule has 1 spiro atoms. The van der Waals surface area contributed by atoms with E-state index in [4.69, 9.17) is 11.6 Å². The van der Waals surface area contributed by atoms with E-state index in [2.05, 4.69) is 50.5 Å². The summed E-state index contributed by atoms with van der Waals surface area (Å²) in [5.74, 6) is -2.00. The number of piperidine rings is 2. The van der Waals surface area contributed by atoms with Gasteiger partial charge in [-0.2, -0.15) is 5.26 Å². The largest absolute Gasteiger partial charge is 0.371 e. The summed E-state index contributed by atoms with van der Waals surface area (Å²) in [6.07, 6.45) is 3.53. The van der Waals surface area contributed by atoms with Crippen LogP contribution in [0.2, 0.25) is 5.02 Å². The van der Waals surface area contributed by atoms with E-state index in [1.54, 1.807) is 12.1 Å². The number of likely N-dealkylation sites (tertiary alicyclic amines) is 1. The molecule has 0 radical (unpaired) electrons. The maximum atomic E-state index is 13.3. The molecular formula is C42H43ClN8O5. The van der Waals surface area contributed by atoms with Gasteiger partial charge in [0.1, 0.15) is 12.1 Å². The van der Waals surface area contributed by atoms with Gasteiger partial charge in [-0.1, -0.05) is 11.6 Å². The molecule has 288 valence electrons. The molecule has 6 heterocycles. The molecule has 3 aromatic rings. The summed E-state index contributed by atoms with van der Waals surface area (Å²) in [7, 11) is 0. The van der Waals surface area contributed by atoms with Gasteiger partial charge in [-0.25, -0.2) is 0 Å². The third-order valence-corrected chi connectivity index (χ3v) is 13.1. The van der Waals surface area contributed by atoms with Crippen molar-refractivity contribution in [1.29, 1.82) is 5.26 Å². The molecule has 0 aromatic heterocycles. The normalized spacial score (nSPS) is 23.6. The number of nitriles is 1. The van der Waals surface area contributed by atoms with Gasteiger partial charge in [0.2, 0.25) is 11.8 Å². The standard InChI is InChI=1S/C42H43ClN8O5/c1-25-18-42(24-50(25)32-7-4-27(19-44)35(43)17-32)12-14-47(15-13-42)30-5-2-26(3-6-30)39(54)49-22-29(23-49)45-28-20-48(21-28)31-8-9-33-34(16-31)41(56)51(40(33)55)36-10-11-37(52)46-38(36)53/h2-9,16-17,25,28-29,36,45H,10-15,18,20-24H2,1H3,(H,46,52,53)/t25-,36?/m0/s1. The van der Waals surface area contributed by atoms with Crippen LogP contribution >= 0.6 is 11.6 Å². The third-order valence-electron chi connectivity index (χ3n) is 12.8. The Kier molecular flexibility index (Phi) is 9.01. The number of hydrogen-bond donors (Lipinski definition) is 2. The minimum absolute atomic E-state index is 0.0362. The van der Waals surface area contributed by atoms with Crippen LogP contribution in [0.4, 0.5) is 17.1 Å². The van der Waals surface area contributed by atoms with Crippen molar-refractivity contribution < 1.29 is 24.0 Å². The van der Waals surface area contributed by atoms with E-state index in [9.17, 15) is 29.2 Å². The number of nitrogens with zero attached hydrogens (tertiary/aromatic N) is 6. The van der Waals surface area contributed by atoms with Crippen molar-refractivity contribution in [2.75, 3.05) is 60.5 Å². The van der Waals surface area contributed by atoms with Crippen molar-refractivity contribution in [3.63, 3.8) is 0 Å². The number of nitrogens with one attached hydrogen (secondary N) is 2. The first-order valence-electron chi connectivity index (χ1n) is 19.5. The van der Waals surface area contributed by atoms with Crippen molar-refractivity contribution in [3.05, 3.63) is 87.9 Å². The average molecular weight is 775 g/mol. The predicted octanol–water partition coefficient (Wildman–Crippen LogP) is 3.80. The lowest BCUT2D eigenvalue weighted by molar-refractivity contribution is -0.136. The Hall–Kier alpha value is -5.45. The van der Waals surface area contributed by atoms with Gasteiger partial charge in [0.05, 0.1) is 21.7 Å². The molecule has 5 amide bonds. The first-order valence-corrected chi connectivity index (χ1v) is 19.8. The van der Waals surface area contributed by atoms with Crippen molar-refractivity contribution in [2.24, 2.45) is 5.41 Å². The maximum absolute atomic E-state index is 13.3. The smallest absolute Gasteiger partial charge is 0.262 e. The maximum Gasteiger partial charge on any atom is 0.262 e. The summed E-state index contributed by atoms with van der Waals surface area (Å²) in [6.45, 7) is 7.92. The molecule has 2 N–H and O–H groups in total. The molecule has 3 aromatic carbocycles. The number of benzene rings is 3. The van der Waals surface area contributed by atoms with Crippen LogP contribution in [0.1, 0.15) is 75.7 Å². The summed E-state index contributed by atoms with van der Waals surface area (Å²) in [5.41, 5.74) is 5.04. The average Bonchev–Trinajstić information content (AvgIpc) is 3.61. The number of fused-ring (bicyclic) bond motifs is 1. The van der Waals surface area contributed by atoms with E-state index in [-0.39, 0.29) is 47.4 Å². The molecule has 0 aliphatic carbocycles. The van der Waals surface area contributed by atoms with Gasteiger partial charge in [0.25, 0.3) is 17.7 Å². The van der Waals surface area contributed by atoms with Gasteiger partial charge in [-0.3, -0.25) is 34.2 Å². The Morgan fingerprint density at radius 2 is 1.54 bits per heavy atom. The Balaban J connectivity index is 0.724. The molecule has 9 rings (SSSR count). The van der Waals surface area contributed by atoms with E-state index < -0.39 is 29.7 Å². The topological polar surface area (TPSA) is 149 Å². The highest BCUT2D eigenvalue weighted by Gasteiger charge is 2.46. The molecule has 0 saturated carbocycles. The summed E-state index contributed by atoms with van der Waals surface area (Å²) in [4.78, 5) is 73.4. The summed E-state index contributed by atoms with van der Waals surface area (Å²) in [6, 6.07) is 20.9. The zero-order valence-electron chi connectivity index (χ0n) is 31.2. The lowest BCUT2D eigenvalue weighted by Crippen LogP contribution is -2.68. The quantitative estimate of drug-likeness (QED) is 0.340. The van der Waals surface area contributed by atoms with Crippen LogP contribution in [0.3, 0.4) is 0 Å². The number of amides is 5. The third kappa shape index (κ3) is 6.34. The lowest BCUT2D eigenvalue weighted by Gasteiger charge is -2.47. The highest BCUT2D eigenvalue weighted by atomic mass is 35.5. The van der Waals surface area contributed by atoms with Crippen LogP contribution in [-0.4, -0.2) is 109 Å². The van der Waals surface area contributed by atoms with E-state index in [0.29, 0.717) is 35.3 Å². The molecule has 0 bridgehead atoms. The first kappa shape index (κ1) is 36.2. The van der Waals surface area contributed by atoms with Gasteiger partial charge < -0.3 is 24.9 Å². The molecule has 5 fully saturated rings. The molecular weight excluding hydrogens is 732 g/mol. The van der Waals surface area contributed by atoms with Crippen LogP contribution in [0.25, 0.3) is 0 Å². The first-order chi connectivity index (χ1) is 27.0. The van der Waals surface area contributed by atoms with Gasteiger partial charge in [-0.15, -0.1) is 0 Å². The van der Waals surface area contributed by atoms with Gasteiger partial charge in [-0.05, 0) is 98.7 Å². The highest BCUT2D eigenvalue weighted by Crippen LogP contribution is 2.46. The zero-order valence-corrected chi connectivity index (χ0v) is 31.9. The Bertz CT molecular complexity index is 2190.